The average molecular weight is 131 g/mol. The fraction of sp³-hybridized carbons (Fsp3) is 1.00. The van der Waals surface area contributed by atoms with Gasteiger partial charge >= 0.3 is 0 Å². The molecule has 1 heterocycles. The van der Waals surface area contributed by atoms with Crippen LogP contribution in [0.1, 0.15) is 0 Å². The number of halogens is 1. The summed E-state index contributed by atoms with van der Waals surface area (Å²) in [5, 5.41) is 3.07. The summed E-state index contributed by atoms with van der Waals surface area (Å²) in [6.45, 7) is 2.15. The van der Waals surface area contributed by atoms with Crippen molar-refractivity contribution in [3.8, 4) is 0 Å². The van der Waals surface area contributed by atoms with E-state index >= 15 is 0 Å². The van der Waals surface area contributed by atoms with Gasteiger partial charge in [0.1, 0.15) is 6.17 Å². The van der Waals surface area contributed by atoms with Crippen molar-refractivity contribution < 1.29 is 9.13 Å². The van der Waals surface area contributed by atoms with Crippen molar-refractivity contribution in [1.82, 2.24) is 5.32 Å². The Bertz CT molecular complexity index is 108. The summed E-state index contributed by atoms with van der Waals surface area (Å²) in [4.78, 5) is 0. The lowest BCUT2D eigenvalue weighted by Crippen LogP contribution is -2.21. The maximum atomic E-state index is 12.5. The maximum Gasteiger partial charge on any atom is 0.122 e. The normalized spacial score (nSPS) is 49.7. The van der Waals surface area contributed by atoms with Crippen LogP contribution in [0.5, 0.6) is 0 Å². The van der Waals surface area contributed by atoms with Crippen LogP contribution in [0.4, 0.5) is 4.39 Å². The number of nitrogens with one attached hydrogen (secondary N) is 1. The van der Waals surface area contributed by atoms with E-state index in [1.807, 2.05) is 0 Å². The molecule has 2 aliphatic rings. The molecule has 1 aliphatic heterocycles. The molecule has 1 unspecified atom stereocenters. The molecule has 0 radical (unpaired) electrons. The molecule has 0 bridgehead atoms. The summed E-state index contributed by atoms with van der Waals surface area (Å²) in [5.41, 5.74) is 0. The molecule has 1 aliphatic carbocycles. The molecular weight excluding hydrogens is 121 g/mol. The van der Waals surface area contributed by atoms with Gasteiger partial charge in [-0.2, -0.15) is 0 Å². The van der Waals surface area contributed by atoms with Crippen LogP contribution in [-0.4, -0.2) is 32.0 Å². The van der Waals surface area contributed by atoms with E-state index in [1.165, 1.54) is 0 Å². The molecule has 0 amide bonds. The SMILES string of the molecule is F[C@@H]1C2NCCOC[C@H]21. The first kappa shape index (κ1) is 5.62. The standard InChI is InChI=1S/C6H10FNO/c7-5-4-3-9-2-1-8-6(4)5/h4-6,8H,1-3H2/t4-,5-,6?/m0/s1. The first-order chi connectivity index (χ1) is 4.39. The van der Waals surface area contributed by atoms with Gasteiger partial charge in [-0.1, -0.05) is 0 Å². The molecule has 1 saturated carbocycles. The van der Waals surface area contributed by atoms with Gasteiger partial charge in [0.25, 0.3) is 0 Å². The van der Waals surface area contributed by atoms with E-state index in [0.717, 1.165) is 13.2 Å². The molecule has 3 atom stereocenters. The Morgan fingerprint density at radius 1 is 1.56 bits per heavy atom. The average Bonchev–Trinajstić information content (AvgIpc) is 2.51. The van der Waals surface area contributed by atoms with E-state index in [-0.39, 0.29) is 12.0 Å². The number of fused-ring (bicyclic) bond motifs is 1. The van der Waals surface area contributed by atoms with Crippen LogP contribution in [0.15, 0.2) is 0 Å². The van der Waals surface area contributed by atoms with E-state index in [2.05, 4.69) is 5.32 Å². The minimum Gasteiger partial charge on any atom is -0.380 e. The van der Waals surface area contributed by atoms with Crippen molar-refractivity contribution in [2.24, 2.45) is 5.92 Å². The minimum atomic E-state index is -0.634. The number of ether oxygens (including phenoxy) is 1. The van der Waals surface area contributed by atoms with E-state index in [0.29, 0.717) is 6.61 Å². The lowest BCUT2D eigenvalue weighted by Gasteiger charge is -1.98. The summed E-state index contributed by atoms with van der Waals surface area (Å²) in [6.07, 6.45) is -0.634. The van der Waals surface area contributed by atoms with Crippen molar-refractivity contribution in [3.05, 3.63) is 0 Å². The first-order valence-electron chi connectivity index (χ1n) is 3.35. The molecule has 3 heteroatoms. The summed E-state index contributed by atoms with van der Waals surface area (Å²) in [6, 6.07) is 0.118. The fourth-order valence-electron chi connectivity index (χ4n) is 1.31. The van der Waals surface area contributed by atoms with Gasteiger partial charge in [0.05, 0.1) is 13.2 Å². The third-order valence-corrected chi connectivity index (χ3v) is 2.01. The van der Waals surface area contributed by atoms with Crippen LogP contribution in [0, 0.1) is 5.92 Å². The zero-order valence-corrected chi connectivity index (χ0v) is 5.14. The van der Waals surface area contributed by atoms with Crippen molar-refractivity contribution in [3.63, 3.8) is 0 Å². The molecule has 9 heavy (non-hydrogen) atoms. The third-order valence-electron chi connectivity index (χ3n) is 2.01. The lowest BCUT2D eigenvalue weighted by atomic mass is 10.4. The first-order valence-corrected chi connectivity index (χ1v) is 3.35. The molecule has 1 N–H and O–H groups in total. The predicted molar refractivity (Wildman–Crippen MR) is 31.0 cm³/mol. The summed E-state index contributed by atoms with van der Waals surface area (Å²) < 4.78 is 17.6. The summed E-state index contributed by atoms with van der Waals surface area (Å²) in [7, 11) is 0. The Morgan fingerprint density at radius 2 is 2.44 bits per heavy atom. The van der Waals surface area contributed by atoms with Gasteiger partial charge in [-0.3, -0.25) is 0 Å². The second-order valence-electron chi connectivity index (χ2n) is 2.66. The predicted octanol–water partition coefficient (Wildman–Crippen LogP) is -0.0573. The highest BCUT2D eigenvalue weighted by Gasteiger charge is 2.51. The molecule has 0 aromatic rings. The lowest BCUT2D eigenvalue weighted by molar-refractivity contribution is 0.129. The molecule has 2 nitrogen and oxygen atoms in total. The smallest absolute Gasteiger partial charge is 0.122 e. The van der Waals surface area contributed by atoms with Gasteiger partial charge in [0.15, 0.2) is 0 Å². The molecular formula is C6H10FNO. The Hall–Kier alpha value is -0.150. The molecule has 2 rings (SSSR count). The van der Waals surface area contributed by atoms with Gasteiger partial charge in [-0.05, 0) is 0 Å². The molecule has 0 spiro atoms. The Kier molecular flexibility index (Phi) is 1.20. The highest BCUT2D eigenvalue weighted by Crippen LogP contribution is 2.35. The minimum absolute atomic E-state index is 0.118. The largest absolute Gasteiger partial charge is 0.380 e. The highest BCUT2D eigenvalue weighted by atomic mass is 19.1. The number of hydrogen-bond acceptors (Lipinski definition) is 2. The second kappa shape index (κ2) is 1.92. The quantitative estimate of drug-likeness (QED) is 0.497. The van der Waals surface area contributed by atoms with Crippen molar-refractivity contribution in [1.29, 1.82) is 0 Å². The van der Waals surface area contributed by atoms with Gasteiger partial charge < -0.3 is 10.1 Å². The van der Waals surface area contributed by atoms with Gasteiger partial charge in [-0.15, -0.1) is 0 Å². The van der Waals surface area contributed by atoms with E-state index in [1.54, 1.807) is 0 Å². The van der Waals surface area contributed by atoms with Crippen LogP contribution in [0.25, 0.3) is 0 Å². The molecule has 1 saturated heterocycles. The molecule has 2 fully saturated rings. The summed E-state index contributed by atoms with van der Waals surface area (Å²) in [5.74, 6) is 0.160. The molecule has 0 aromatic heterocycles. The fourth-order valence-corrected chi connectivity index (χ4v) is 1.31. The van der Waals surface area contributed by atoms with E-state index in [9.17, 15) is 4.39 Å². The highest BCUT2D eigenvalue weighted by molar-refractivity contribution is 5.04. The van der Waals surface area contributed by atoms with Crippen molar-refractivity contribution in [2.45, 2.75) is 12.2 Å². The monoisotopic (exact) mass is 131 g/mol. The van der Waals surface area contributed by atoms with E-state index < -0.39 is 6.17 Å². The Labute approximate surface area is 53.4 Å². The van der Waals surface area contributed by atoms with Crippen LogP contribution in [0.3, 0.4) is 0 Å². The topological polar surface area (TPSA) is 21.3 Å². The number of rotatable bonds is 0. The third kappa shape index (κ3) is 0.843. The second-order valence-corrected chi connectivity index (χ2v) is 2.66. The molecule has 52 valence electrons. The Morgan fingerprint density at radius 3 is 3.33 bits per heavy atom. The number of alkyl halides is 1. The van der Waals surface area contributed by atoms with Crippen LogP contribution in [0.2, 0.25) is 0 Å². The van der Waals surface area contributed by atoms with Crippen LogP contribution >= 0.6 is 0 Å². The van der Waals surface area contributed by atoms with Gasteiger partial charge in [0.2, 0.25) is 0 Å². The molecule has 0 aromatic carbocycles. The van der Waals surface area contributed by atoms with Crippen molar-refractivity contribution >= 4 is 0 Å². The zero-order chi connectivity index (χ0) is 6.27. The summed E-state index contributed by atoms with van der Waals surface area (Å²) >= 11 is 0. The van der Waals surface area contributed by atoms with Crippen LogP contribution < -0.4 is 5.32 Å². The van der Waals surface area contributed by atoms with E-state index in [4.69, 9.17) is 4.74 Å². The van der Waals surface area contributed by atoms with Crippen molar-refractivity contribution in [2.75, 3.05) is 19.8 Å². The van der Waals surface area contributed by atoms with Crippen LogP contribution in [-0.2, 0) is 4.74 Å². The zero-order valence-electron chi connectivity index (χ0n) is 5.14. The maximum absolute atomic E-state index is 12.5. The van der Waals surface area contributed by atoms with Gasteiger partial charge in [-0.25, -0.2) is 4.39 Å². The Balaban J connectivity index is 1.93. The number of hydrogen-bond donors (Lipinski definition) is 1. The van der Waals surface area contributed by atoms with Gasteiger partial charge in [0, 0.05) is 18.5 Å².